The van der Waals surface area contributed by atoms with Crippen molar-refractivity contribution in [3.05, 3.63) is 41.9 Å². The molecule has 1 aliphatic rings. The number of carbonyl (C=O) groups excluding carboxylic acids is 2. The Balaban J connectivity index is 2.20. The van der Waals surface area contributed by atoms with E-state index in [-0.39, 0.29) is 28.9 Å². The van der Waals surface area contributed by atoms with Crippen molar-refractivity contribution in [2.24, 2.45) is 0 Å². The Morgan fingerprint density at radius 3 is 2.62 bits per heavy atom. The minimum absolute atomic E-state index is 0.0340. The van der Waals surface area contributed by atoms with Crippen molar-refractivity contribution >= 4 is 40.7 Å². The molecule has 24 heavy (non-hydrogen) atoms. The molecule has 1 amide bonds. The molecule has 2 heterocycles. The largest absolute Gasteiger partial charge is 0.306 e. The molecule has 0 saturated carbocycles. The number of fused-ring (bicyclic) bond motifs is 2. The molecule has 6 nitrogen and oxygen atoms in total. The first-order valence-corrected chi connectivity index (χ1v) is 8.13. The molecule has 0 aliphatic carbocycles. The van der Waals surface area contributed by atoms with Gasteiger partial charge in [-0.25, -0.2) is 14.4 Å². The van der Waals surface area contributed by atoms with Gasteiger partial charge in [-0.3, -0.25) is 9.59 Å². The highest BCUT2D eigenvalue weighted by Gasteiger charge is 2.32. The average Bonchev–Trinajstić information content (AvgIpc) is 2.68. The third kappa shape index (κ3) is 2.73. The van der Waals surface area contributed by atoms with Crippen molar-refractivity contribution in [2.75, 3.05) is 15.9 Å². The topological polar surface area (TPSA) is 66.4 Å². The van der Waals surface area contributed by atoms with Gasteiger partial charge in [-0.2, -0.15) is 0 Å². The van der Waals surface area contributed by atoms with Gasteiger partial charge in [-0.1, -0.05) is 25.5 Å². The van der Waals surface area contributed by atoms with Crippen LogP contribution >= 0.6 is 11.8 Å². The number of amides is 1. The van der Waals surface area contributed by atoms with Crippen LogP contribution in [0.3, 0.4) is 0 Å². The Bertz CT molecular complexity index is 809. The minimum Gasteiger partial charge on any atom is -0.306 e. The van der Waals surface area contributed by atoms with E-state index in [0.29, 0.717) is 17.9 Å². The summed E-state index contributed by atoms with van der Waals surface area (Å²) in [7, 11) is 0. The second-order valence-corrected chi connectivity index (χ2v) is 5.91. The summed E-state index contributed by atoms with van der Waals surface area (Å²) in [6.45, 7) is 4.02. The average molecular weight is 345 g/mol. The number of Topliss-reactive ketones (excluding diaryl/α,β-unsaturated/α-hetero) is 1. The summed E-state index contributed by atoms with van der Waals surface area (Å²) in [5, 5.41) is 0. The van der Waals surface area contributed by atoms with Crippen LogP contribution in [0.4, 0.5) is 17.2 Å². The fraction of sp³-hybridized carbons (Fsp3) is 0.294. The quantitative estimate of drug-likeness (QED) is 0.624. The van der Waals surface area contributed by atoms with Crippen LogP contribution in [0.5, 0.6) is 0 Å². The molecule has 0 atom stereocenters. The molecular weight excluding hydrogens is 328 g/mol. The molecule has 0 fully saturated rings. The number of hydrogen-bond donors (Lipinski definition) is 0. The molecule has 0 bridgehead atoms. The summed E-state index contributed by atoms with van der Waals surface area (Å²) < 4.78 is 1.32. The van der Waals surface area contributed by atoms with E-state index in [4.69, 9.17) is 11.8 Å². The molecule has 1 aliphatic heterocycles. The Kier molecular flexibility index (Phi) is 4.49. The fourth-order valence-electron chi connectivity index (χ4n) is 2.61. The van der Waals surface area contributed by atoms with Crippen LogP contribution in [0.15, 0.2) is 30.5 Å². The molecular formula is C17H17ClN4O2. The first-order valence-electron chi connectivity index (χ1n) is 7.79. The Hall–Kier alpha value is -2.47. The summed E-state index contributed by atoms with van der Waals surface area (Å²) in [6.07, 6.45) is 3.20. The number of ketones is 1. The monoisotopic (exact) mass is 344 g/mol. The number of rotatable bonds is 4. The standard InChI is InChI=1S/C17H17ClN4O2/c1-3-4-9-21-13-7-5-6-8-14(13)22(18)16-12(17(21)24)10-19-15(20-16)11(2)23/h5-8,10H,3-4,9H2,1-2H3. The van der Waals surface area contributed by atoms with Gasteiger partial charge in [0.25, 0.3) is 5.91 Å². The maximum Gasteiger partial charge on any atom is 0.263 e. The molecule has 1 aromatic carbocycles. The van der Waals surface area contributed by atoms with Gasteiger partial charge in [0.2, 0.25) is 0 Å². The summed E-state index contributed by atoms with van der Waals surface area (Å²) in [4.78, 5) is 34.5. The van der Waals surface area contributed by atoms with Crippen LogP contribution in [0.25, 0.3) is 0 Å². The lowest BCUT2D eigenvalue weighted by molar-refractivity contribution is 0.0979. The van der Waals surface area contributed by atoms with E-state index in [1.165, 1.54) is 17.5 Å². The van der Waals surface area contributed by atoms with E-state index in [2.05, 4.69) is 16.9 Å². The van der Waals surface area contributed by atoms with Gasteiger partial charge in [-0.15, -0.1) is 0 Å². The van der Waals surface area contributed by atoms with Gasteiger partial charge >= 0.3 is 0 Å². The van der Waals surface area contributed by atoms with Gasteiger partial charge in [-0.05, 0) is 18.6 Å². The van der Waals surface area contributed by atoms with Gasteiger partial charge in [0.15, 0.2) is 17.4 Å². The first-order chi connectivity index (χ1) is 11.5. The van der Waals surface area contributed by atoms with Crippen LogP contribution in [0, 0.1) is 0 Å². The number of hydrogen-bond acceptors (Lipinski definition) is 5. The van der Waals surface area contributed by atoms with E-state index < -0.39 is 0 Å². The van der Waals surface area contributed by atoms with Crippen molar-refractivity contribution < 1.29 is 9.59 Å². The molecule has 0 saturated heterocycles. The molecule has 0 spiro atoms. The number of anilines is 3. The van der Waals surface area contributed by atoms with Gasteiger partial charge in [0.1, 0.15) is 5.56 Å². The lowest BCUT2D eigenvalue weighted by atomic mass is 10.2. The maximum absolute atomic E-state index is 13.0. The lowest BCUT2D eigenvalue weighted by Crippen LogP contribution is -2.31. The molecule has 2 aromatic rings. The Labute approximate surface area is 145 Å². The molecule has 124 valence electrons. The lowest BCUT2D eigenvalue weighted by Gasteiger charge is -2.23. The molecule has 3 rings (SSSR count). The zero-order chi connectivity index (χ0) is 17.3. The molecule has 7 heteroatoms. The summed E-state index contributed by atoms with van der Waals surface area (Å²) in [6, 6.07) is 7.37. The van der Waals surface area contributed by atoms with Gasteiger partial charge in [0.05, 0.1) is 11.4 Å². The predicted molar refractivity (Wildman–Crippen MR) is 93.1 cm³/mol. The van der Waals surface area contributed by atoms with E-state index in [9.17, 15) is 9.59 Å². The Morgan fingerprint density at radius 2 is 1.96 bits per heavy atom. The second kappa shape index (κ2) is 6.57. The highest BCUT2D eigenvalue weighted by atomic mass is 35.5. The molecule has 1 aromatic heterocycles. The zero-order valence-corrected chi connectivity index (χ0v) is 14.2. The zero-order valence-electron chi connectivity index (χ0n) is 13.5. The summed E-state index contributed by atoms with van der Waals surface area (Å²) >= 11 is 6.48. The Morgan fingerprint density at radius 1 is 1.25 bits per heavy atom. The third-order valence-electron chi connectivity index (χ3n) is 3.86. The number of benzene rings is 1. The van der Waals surface area contributed by atoms with Crippen molar-refractivity contribution in [3.8, 4) is 0 Å². The van der Waals surface area contributed by atoms with Crippen LogP contribution in [-0.4, -0.2) is 28.2 Å². The van der Waals surface area contributed by atoms with E-state index in [0.717, 1.165) is 12.8 Å². The number of halogens is 1. The molecule has 0 N–H and O–H groups in total. The van der Waals surface area contributed by atoms with E-state index in [1.54, 1.807) is 4.90 Å². The smallest absolute Gasteiger partial charge is 0.263 e. The normalized spacial score (nSPS) is 13.4. The number of aromatic nitrogens is 2. The number of para-hydroxylation sites is 2. The number of nitrogens with zero attached hydrogens (tertiary/aromatic N) is 4. The second-order valence-electron chi connectivity index (χ2n) is 5.57. The first kappa shape index (κ1) is 16.4. The maximum atomic E-state index is 13.0. The molecule has 0 unspecified atom stereocenters. The van der Waals surface area contributed by atoms with Crippen molar-refractivity contribution in [1.82, 2.24) is 9.97 Å². The van der Waals surface area contributed by atoms with Crippen molar-refractivity contribution in [3.63, 3.8) is 0 Å². The van der Waals surface area contributed by atoms with E-state index in [1.807, 2.05) is 24.3 Å². The number of unbranched alkanes of at least 4 members (excludes halogenated alkanes) is 1. The van der Waals surface area contributed by atoms with Crippen LogP contribution in [-0.2, 0) is 0 Å². The van der Waals surface area contributed by atoms with Gasteiger partial charge in [0, 0.05) is 31.4 Å². The van der Waals surface area contributed by atoms with Crippen molar-refractivity contribution in [1.29, 1.82) is 0 Å². The van der Waals surface area contributed by atoms with Gasteiger partial charge < -0.3 is 4.90 Å². The van der Waals surface area contributed by atoms with Crippen LogP contribution < -0.4 is 9.32 Å². The highest BCUT2D eigenvalue weighted by Crippen LogP contribution is 2.40. The summed E-state index contributed by atoms with van der Waals surface area (Å²) in [5.74, 6) is -0.236. The van der Waals surface area contributed by atoms with E-state index >= 15 is 0 Å². The predicted octanol–water partition coefficient (Wildman–Crippen LogP) is 3.73. The SMILES string of the molecule is CCCCN1C(=O)c2cnc(C(C)=O)nc2N(Cl)c2ccccc21. The fourth-order valence-corrected chi connectivity index (χ4v) is 2.88. The van der Waals surface area contributed by atoms with Crippen molar-refractivity contribution in [2.45, 2.75) is 26.7 Å². The van der Waals surface area contributed by atoms with Crippen LogP contribution in [0.1, 0.15) is 47.7 Å². The highest BCUT2D eigenvalue weighted by molar-refractivity contribution is 6.33. The minimum atomic E-state index is -0.282. The molecule has 0 radical (unpaired) electrons. The number of carbonyl (C=O) groups is 2. The summed E-state index contributed by atoms with van der Waals surface area (Å²) in [5.41, 5.74) is 1.64. The third-order valence-corrected chi connectivity index (χ3v) is 4.21. The van der Waals surface area contributed by atoms with Crippen LogP contribution in [0.2, 0.25) is 0 Å².